The molecule has 0 atom stereocenters. The fraction of sp³-hybridized carbons (Fsp3) is 0.286. The molecule has 0 fully saturated rings. The van der Waals surface area contributed by atoms with Gasteiger partial charge in [0.05, 0.1) is 17.9 Å². The van der Waals surface area contributed by atoms with Crippen LogP contribution in [0.2, 0.25) is 0 Å². The molecule has 5 heteroatoms. The van der Waals surface area contributed by atoms with Gasteiger partial charge < -0.3 is 9.64 Å². The number of ether oxygens (including phenoxy) is 1. The Labute approximate surface area is 155 Å². The van der Waals surface area contributed by atoms with Gasteiger partial charge in [0.15, 0.2) is 0 Å². The van der Waals surface area contributed by atoms with Crippen molar-refractivity contribution < 1.29 is 9.53 Å². The van der Waals surface area contributed by atoms with Crippen LogP contribution in [0.1, 0.15) is 19.4 Å². The number of carbonyl (C=O) groups excluding carboxylic acids is 1. The minimum atomic E-state index is -0.354. The molecule has 26 heavy (non-hydrogen) atoms. The topological polar surface area (TPSA) is 54.3 Å². The van der Waals surface area contributed by atoms with Gasteiger partial charge in [-0.1, -0.05) is 18.7 Å². The van der Waals surface area contributed by atoms with E-state index in [1.54, 1.807) is 6.92 Å². The van der Waals surface area contributed by atoms with E-state index in [2.05, 4.69) is 28.6 Å². The number of aryl methyl sites for hydroxylation is 1. The number of esters is 1. The van der Waals surface area contributed by atoms with Gasteiger partial charge >= 0.3 is 5.97 Å². The van der Waals surface area contributed by atoms with Crippen LogP contribution in [0.15, 0.2) is 70.9 Å². The molecular formula is C21H25N3O2. The second-order valence-corrected chi connectivity index (χ2v) is 6.05. The molecule has 0 amide bonds. The first-order valence-electron chi connectivity index (χ1n) is 8.65. The van der Waals surface area contributed by atoms with Crippen LogP contribution in [0, 0.1) is 6.92 Å². The van der Waals surface area contributed by atoms with Crippen molar-refractivity contribution in [1.29, 1.82) is 0 Å². The minimum absolute atomic E-state index is 0.328. The summed E-state index contributed by atoms with van der Waals surface area (Å²) in [6, 6.07) is 15.8. The summed E-state index contributed by atoms with van der Waals surface area (Å²) in [6.07, 6.45) is 0. The quantitative estimate of drug-likeness (QED) is 0.366. The smallest absolute Gasteiger partial charge is 0.333 e. The van der Waals surface area contributed by atoms with E-state index in [1.165, 1.54) is 0 Å². The Morgan fingerprint density at radius 1 is 1.12 bits per heavy atom. The number of azo groups is 1. The molecule has 0 saturated carbocycles. The van der Waals surface area contributed by atoms with Gasteiger partial charge in [-0.05, 0) is 62.7 Å². The molecule has 0 bridgehead atoms. The highest BCUT2D eigenvalue weighted by Crippen LogP contribution is 2.22. The number of carbonyl (C=O) groups is 1. The summed E-state index contributed by atoms with van der Waals surface area (Å²) in [5, 5.41) is 8.54. The molecule has 0 N–H and O–H groups in total. The first kappa shape index (κ1) is 19.4. The molecule has 0 spiro atoms. The van der Waals surface area contributed by atoms with E-state index < -0.39 is 0 Å². The maximum atomic E-state index is 11.4. The van der Waals surface area contributed by atoms with Crippen LogP contribution in [0.4, 0.5) is 17.1 Å². The van der Waals surface area contributed by atoms with Gasteiger partial charge in [0, 0.05) is 17.8 Å². The third kappa shape index (κ3) is 5.84. The van der Waals surface area contributed by atoms with Crippen LogP contribution in [-0.2, 0) is 9.53 Å². The summed E-state index contributed by atoms with van der Waals surface area (Å²) in [5.41, 5.74) is 4.25. The zero-order valence-electron chi connectivity index (χ0n) is 15.6. The van der Waals surface area contributed by atoms with Gasteiger partial charge in [0.2, 0.25) is 0 Å². The van der Waals surface area contributed by atoms with E-state index in [0.717, 1.165) is 29.2 Å². The maximum absolute atomic E-state index is 11.4. The van der Waals surface area contributed by atoms with Gasteiger partial charge in [-0.3, -0.25) is 0 Å². The van der Waals surface area contributed by atoms with E-state index in [0.29, 0.717) is 18.7 Å². The monoisotopic (exact) mass is 351 g/mol. The van der Waals surface area contributed by atoms with Gasteiger partial charge in [-0.2, -0.15) is 10.2 Å². The van der Waals surface area contributed by atoms with Crippen molar-refractivity contribution in [3.63, 3.8) is 0 Å². The molecule has 0 heterocycles. The number of anilines is 1. The lowest BCUT2D eigenvalue weighted by molar-refractivity contribution is -0.138. The largest absolute Gasteiger partial charge is 0.460 e. The molecule has 2 aromatic rings. The standard InChI is InChI=1S/C21H25N3O2/c1-5-24(13-14-26-21(25)16(2)3)20-11-9-18(10-12-20)22-23-19-8-6-7-17(4)15-19/h6-12,15H,2,5,13-14H2,1,3-4H3. The fourth-order valence-electron chi connectivity index (χ4n) is 2.38. The Morgan fingerprint density at radius 2 is 1.81 bits per heavy atom. The third-order valence-corrected chi connectivity index (χ3v) is 3.82. The molecule has 0 saturated heterocycles. The van der Waals surface area contributed by atoms with Gasteiger partial charge in [-0.15, -0.1) is 0 Å². The lowest BCUT2D eigenvalue weighted by Crippen LogP contribution is -2.28. The number of hydrogen-bond donors (Lipinski definition) is 0. The molecule has 0 radical (unpaired) electrons. The predicted octanol–water partition coefficient (Wildman–Crippen LogP) is 5.36. The lowest BCUT2D eigenvalue weighted by atomic mass is 10.2. The van der Waals surface area contributed by atoms with Crippen LogP contribution in [0.25, 0.3) is 0 Å². The Bertz CT molecular complexity index is 782. The zero-order chi connectivity index (χ0) is 18.9. The molecule has 0 aliphatic rings. The third-order valence-electron chi connectivity index (χ3n) is 3.82. The molecular weight excluding hydrogens is 326 g/mol. The van der Waals surface area contributed by atoms with Crippen LogP contribution in [0.3, 0.4) is 0 Å². The van der Waals surface area contributed by atoms with Crippen molar-refractivity contribution in [3.8, 4) is 0 Å². The van der Waals surface area contributed by atoms with Crippen molar-refractivity contribution >= 4 is 23.0 Å². The van der Waals surface area contributed by atoms with Crippen molar-refractivity contribution in [1.82, 2.24) is 0 Å². The molecule has 5 nitrogen and oxygen atoms in total. The van der Waals surface area contributed by atoms with E-state index in [-0.39, 0.29) is 5.97 Å². The number of nitrogens with zero attached hydrogens (tertiary/aromatic N) is 3. The molecule has 0 aromatic heterocycles. The van der Waals surface area contributed by atoms with Crippen LogP contribution in [0.5, 0.6) is 0 Å². The minimum Gasteiger partial charge on any atom is -0.460 e. The number of likely N-dealkylation sites (N-methyl/N-ethyl adjacent to an activating group) is 1. The average molecular weight is 351 g/mol. The van der Waals surface area contributed by atoms with Crippen molar-refractivity contribution in [2.45, 2.75) is 20.8 Å². The molecule has 2 rings (SSSR count). The highest BCUT2D eigenvalue weighted by atomic mass is 16.5. The first-order chi connectivity index (χ1) is 12.5. The van der Waals surface area contributed by atoms with E-state index >= 15 is 0 Å². The second kappa shape index (κ2) is 9.51. The summed E-state index contributed by atoms with van der Waals surface area (Å²) in [5.74, 6) is -0.354. The Kier molecular flexibility index (Phi) is 7.09. The molecule has 136 valence electrons. The average Bonchev–Trinajstić information content (AvgIpc) is 2.64. The maximum Gasteiger partial charge on any atom is 0.333 e. The van der Waals surface area contributed by atoms with Crippen LogP contribution < -0.4 is 4.90 Å². The van der Waals surface area contributed by atoms with Crippen molar-refractivity contribution in [2.75, 3.05) is 24.6 Å². The number of hydrogen-bond acceptors (Lipinski definition) is 5. The Hall–Kier alpha value is -2.95. The SMILES string of the molecule is C=C(C)C(=O)OCCN(CC)c1ccc(N=Nc2cccc(C)c2)cc1. The van der Waals surface area contributed by atoms with E-state index in [9.17, 15) is 4.79 Å². The molecule has 0 aliphatic heterocycles. The van der Waals surface area contributed by atoms with E-state index in [4.69, 9.17) is 4.74 Å². The van der Waals surface area contributed by atoms with Crippen LogP contribution >= 0.6 is 0 Å². The van der Waals surface area contributed by atoms with Crippen molar-refractivity contribution in [2.24, 2.45) is 10.2 Å². The van der Waals surface area contributed by atoms with E-state index in [1.807, 2.05) is 55.5 Å². The summed E-state index contributed by atoms with van der Waals surface area (Å²) in [7, 11) is 0. The zero-order valence-corrected chi connectivity index (χ0v) is 15.6. The van der Waals surface area contributed by atoms with Crippen LogP contribution in [-0.4, -0.2) is 25.7 Å². The van der Waals surface area contributed by atoms with Gasteiger partial charge in [0.25, 0.3) is 0 Å². The fourth-order valence-corrected chi connectivity index (χ4v) is 2.38. The Balaban J connectivity index is 1.96. The summed E-state index contributed by atoms with van der Waals surface area (Å²) in [4.78, 5) is 13.6. The lowest BCUT2D eigenvalue weighted by Gasteiger charge is -2.22. The van der Waals surface area contributed by atoms with Crippen molar-refractivity contribution in [3.05, 3.63) is 66.2 Å². The Morgan fingerprint density at radius 3 is 2.42 bits per heavy atom. The normalized spacial score (nSPS) is 10.7. The first-order valence-corrected chi connectivity index (χ1v) is 8.65. The molecule has 2 aromatic carbocycles. The number of benzene rings is 2. The highest BCUT2D eigenvalue weighted by molar-refractivity contribution is 5.86. The molecule has 0 unspecified atom stereocenters. The van der Waals surface area contributed by atoms with Gasteiger partial charge in [-0.25, -0.2) is 4.79 Å². The van der Waals surface area contributed by atoms with Gasteiger partial charge in [0.1, 0.15) is 6.61 Å². The highest BCUT2D eigenvalue weighted by Gasteiger charge is 2.07. The summed E-state index contributed by atoms with van der Waals surface area (Å²) in [6.45, 7) is 11.1. The number of rotatable bonds is 8. The summed E-state index contributed by atoms with van der Waals surface area (Å²) >= 11 is 0. The summed E-state index contributed by atoms with van der Waals surface area (Å²) < 4.78 is 5.16. The second-order valence-electron chi connectivity index (χ2n) is 6.05. The predicted molar refractivity (Wildman–Crippen MR) is 105 cm³/mol. The molecule has 0 aliphatic carbocycles.